The van der Waals surface area contributed by atoms with E-state index in [4.69, 9.17) is 0 Å². The van der Waals surface area contributed by atoms with Crippen LogP contribution in [0.1, 0.15) is 38.5 Å². The molecule has 0 radical (unpaired) electrons. The average Bonchev–Trinajstić information content (AvgIpc) is 2.58. The lowest BCUT2D eigenvalue weighted by atomic mass is 9.76. The molecule has 2 atom stereocenters. The van der Waals surface area contributed by atoms with Crippen LogP contribution in [0.3, 0.4) is 0 Å². The first-order chi connectivity index (χ1) is 11.7. The third kappa shape index (κ3) is 2.84. The molecule has 24 heavy (non-hydrogen) atoms. The van der Waals surface area contributed by atoms with Crippen LogP contribution >= 0.6 is 0 Å². The van der Waals surface area contributed by atoms with Gasteiger partial charge in [-0.1, -0.05) is 17.7 Å². The van der Waals surface area contributed by atoms with E-state index < -0.39 is 0 Å². The summed E-state index contributed by atoms with van der Waals surface area (Å²) in [6.45, 7) is 0. The second kappa shape index (κ2) is 6.19. The molecule has 1 aromatic carbocycles. The molecule has 1 heterocycles. The van der Waals surface area contributed by atoms with Gasteiger partial charge in [0.25, 0.3) is 0 Å². The van der Waals surface area contributed by atoms with Gasteiger partial charge in [0.15, 0.2) is 0 Å². The molecular weight excluding hydrogens is 304 g/mol. The van der Waals surface area contributed by atoms with Crippen molar-refractivity contribution < 1.29 is 9.59 Å². The van der Waals surface area contributed by atoms with Crippen molar-refractivity contribution in [2.24, 2.45) is 0 Å². The zero-order valence-corrected chi connectivity index (χ0v) is 13.5. The quantitative estimate of drug-likeness (QED) is 0.551. The van der Waals surface area contributed by atoms with Gasteiger partial charge in [-0.3, -0.25) is 0 Å². The number of anilines is 2. The van der Waals surface area contributed by atoms with E-state index in [-0.39, 0.29) is 24.1 Å². The number of benzene rings is 1. The van der Waals surface area contributed by atoms with E-state index in [0.717, 1.165) is 38.5 Å². The fourth-order valence-electron chi connectivity index (χ4n) is 4.13. The van der Waals surface area contributed by atoms with Gasteiger partial charge in [-0.25, -0.2) is 9.59 Å². The molecule has 0 saturated heterocycles. The molecule has 0 aromatic heterocycles. The first-order valence-electron chi connectivity index (χ1n) is 8.66. The molecular formula is C18H22N4O2. The predicted octanol–water partition coefficient (Wildman–Crippen LogP) is 3.34. The van der Waals surface area contributed by atoms with Gasteiger partial charge in [0.1, 0.15) is 0 Å². The summed E-state index contributed by atoms with van der Waals surface area (Å²) in [4.78, 5) is 24.9. The largest absolute Gasteiger partial charge is 0.331 e. The summed E-state index contributed by atoms with van der Waals surface area (Å²) in [5, 5.41) is 12.0. The molecule has 2 aliphatic carbocycles. The zero-order valence-electron chi connectivity index (χ0n) is 13.5. The number of amides is 4. The van der Waals surface area contributed by atoms with Crippen molar-refractivity contribution in [3.8, 4) is 0 Å². The van der Waals surface area contributed by atoms with Crippen molar-refractivity contribution >= 4 is 23.4 Å². The van der Waals surface area contributed by atoms with Crippen molar-refractivity contribution in [3.63, 3.8) is 0 Å². The molecule has 0 saturated carbocycles. The molecule has 3 aliphatic rings. The van der Waals surface area contributed by atoms with Crippen LogP contribution in [-0.2, 0) is 0 Å². The third-order valence-corrected chi connectivity index (χ3v) is 5.14. The Morgan fingerprint density at radius 3 is 1.79 bits per heavy atom. The highest BCUT2D eigenvalue weighted by molar-refractivity contribution is 5.99. The van der Waals surface area contributed by atoms with Crippen LogP contribution in [-0.4, -0.2) is 24.1 Å². The summed E-state index contributed by atoms with van der Waals surface area (Å²) in [6, 6.07) is 6.80. The van der Waals surface area contributed by atoms with Crippen LogP contribution in [0.2, 0.25) is 0 Å². The molecule has 126 valence electrons. The second-order valence-electron chi connectivity index (χ2n) is 6.69. The Bertz CT molecular complexity index is 656. The molecule has 4 amide bonds. The number of allylic oxidation sites excluding steroid dienone is 1. The molecule has 0 spiro atoms. The number of fused-ring (bicyclic) bond motifs is 1. The Kier molecular flexibility index (Phi) is 3.88. The van der Waals surface area contributed by atoms with E-state index in [0.29, 0.717) is 11.4 Å². The maximum Gasteiger partial charge on any atom is 0.319 e. The van der Waals surface area contributed by atoms with Crippen molar-refractivity contribution in [1.29, 1.82) is 0 Å². The smallest absolute Gasteiger partial charge is 0.319 e. The van der Waals surface area contributed by atoms with Gasteiger partial charge in [0, 0.05) is 0 Å². The topological polar surface area (TPSA) is 82.3 Å². The molecule has 1 aliphatic heterocycles. The lowest BCUT2D eigenvalue weighted by molar-refractivity contribution is 0.245. The maximum atomic E-state index is 12.5. The minimum atomic E-state index is -0.221. The fraction of sp³-hybridized carbons (Fsp3) is 0.444. The molecule has 2 unspecified atom stereocenters. The van der Waals surface area contributed by atoms with Crippen LogP contribution in [0.4, 0.5) is 21.0 Å². The Hall–Kier alpha value is -2.50. The summed E-state index contributed by atoms with van der Waals surface area (Å²) in [5.41, 5.74) is 3.84. The van der Waals surface area contributed by atoms with E-state index in [1.54, 1.807) is 12.1 Å². The first-order valence-corrected chi connectivity index (χ1v) is 8.66. The fourth-order valence-corrected chi connectivity index (χ4v) is 4.13. The molecule has 4 rings (SSSR count). The number of rotatable bonds is 0. The van der Waals surface area contributed by atoms with Gasteiger partial charge < -0.3 is 21.3 Å². The van der Waals surface area contributed by atoms with Gasteiger partial charge in [-0.2, -0.15) is 0 Å². The summed E-state index contributed by atoms with van der Waals surface area (Å²) >= 11 is 0. The van der Waals surface area contributed by atoms with Crippen LogP contribution in [0.25, 0.3) is 0 Å². The highest BCUT2D eigenvalue weighted by Gasteiger charge is 2.33. The van der Waals surface area contributed by atoms with Gasteiger partial charge in [0.2, 0.25) is 0 Å². The second-order valence-corrected chi connectivity index (χ2v) is 6.69. The van der Waals surface area contributed by atoms with Crippen LogP contribution in [0.5, 0.6) is 0 Å². The van der Waals surface area contributed by atoms with E-state index >= 15 is 0 Å². The third-order valence-electron chi connectivity index (χ3n) is 5.14. The van der Waals surface area contributed by atoms with Crippen molar-refractivity contribution in [2.45, 2.75) is 50.6 Å². The average molecular weight is 326 g/mol. The Morgan fingerprint density at radius 1 is 0.792 bits per heavy atom. The lowest BCUT2D eigenvalue weighted by Crippen LogP contribution is -2.49. The minimum absolute atomic E-state index is 0.00427. The molecule has 6 nitrogen and oxygen atoms in total. The number of carbonyl (C=O) groups excluding carboxylic acids is 2. The predicted molar refractivity (Wildman–Crippen MR) is 93.1 cm³/mol. The van der Waals surface area contributed by atoms with Crippen LogP contribution in [0.15, 0.2) is 35.4 Å². The number of urea groups is 2. The summed E-state index contributed by atoms with van der Waals surface area (Å²) in [7, 11) is 0. The van der Waals surface area contributed by atoms with Gasteiger partial charge in [-0.05, 0) is 56.2 Å². The monoisotopic (exact) mass is 326 g/mol. The normalized spacial score (nSPS) is 26.7. The summed E-state index contributed by atoms with van der Waals surface area (Å²) in [5.74, 6) is 0. The van der Waals surface area contributed by atoms with Crippen molar-refractivity contribution in [1.82, 2.24) is 10.6 Å². The van der Waals surface area contributed by atoms with E-state index in [1.165, 1.54) is 11.1 Å². The molecule has 0 bridgehead atoms. The summed E-state index contributed by atoms with van der Waals surface area (Å²) < 4.78 is 0. The molecule has 4 N–H and O–H groups in total. The number of hydrogen-bond acceptors (Lipinski definition) is 2. The Labute approximate surface area is 141 Å². The first kappa shape index (κ1) is 15.1. The van der Waals surface area contributed by atoms with Gasteiger partial charge in [-0.15, -0.1) is 0 Å². The van der Waals surface area contributed by atoms with E-state index in [9.17, 15) is 9.59 Å². The number of hydrogen-bond donors (Lipinski definition) is 4. The summed E-state index contributed by atoms with van der Waals surface area (Å²) in [6.07, 6.45) is 6.17. The number of para-hydroxylation sites is 2. The van der Waals surface area contributed by atoms with Gasteiger partial charge >= 0.3 is 12.1 Å². The molecule has 1 aromatic rings. The van der Waals surface area contributed by atoms with Crippen LogP contribution < -0.4 is 21.3 Å². The standard InChI is InChI=1S/C18H22N4O2/c23-17-19-12-7-1-2-8-13(12)20-18(24)22-15-10-4-6-11-5-3-9-14(21-17)16(11)15/h1-2,7-8,14-15H,3-6,9-10H2,(H2,19,21,23)(H2,20,22,24). The van der Waals surface area contributed by atoms with Crippen LogP contribution in [0, 0.1) is 0 Å². The maximum absolute atomic E-state index is 12.5. The number of carbonyl (C=O) groups is 2. The highest BCUT2D eigenvalue weighted by atomic mass is 16.2. The Balaban J connectivity index is 1.72. The van der Waals surface area contributed by atoms with Crippen molar-refractivity contribution in [3.05, 3.63) is 35.4 Å². The molecule has 0 fully saturated rings. The van der Waals surface area contributed by atoms with E-state index in [2.05, 4.69) is 21.3 Å². The SMILES string of the molecule is O=C1Nc2ccccc2NC(=O)NC2CCCC3=C2C(CCC3)N1. The van der Waals surface area contributed by atoms with Crippen molar-refractivity contribution in [2.75, 3.05) is 10.6 Å². The lowest BCUT2D eigenvalue weighted by Gasteiger charge is -2.37. The highest BCUT2D eigenvalue weighted by Crippen LogP contribution is 2.36. The number of nitrogens with one attached hydrogen (secondary N) is 4. The minimum Gasteiger partial charge on any atom is -0.331 e. The Morgan fingerprint density at radius 2 is 1.29 bits per heavy atom. The molecule has 6 heteroatoms. The van der Waals surface area contributed by atoms with Gasteiger partial charge in [0.05, 0.1) is 23.5 Å². The zero-order chi connectivity index (χ0) is 16.5. The van der Waals surface area contributed by atoms with E-state index in [1.807, 2.05) is 12.1 Å².